The van der Waals surface area contributed by atoms with Gasteiger partial charge in [-0.2, -0.15) is 0 Å². The van der Waals surface area contributed by atoms with E-state index in [1.165, 1.54) is 6.92 Å². The van der Waals surface area contributed by atoms with Gasteiger partial charge >= 0.3 is 0 Å². The van der Waals surface area contributed by atoms with Gasteiger partial charge in [0.2, 0.25) is 5.91 Å². The number of hydrogen-bond acceptors (Lipinski definition) is 4. The molecule has 0 saturated carbocycles. The number of carbonyl (C=O) groups is 2. The first-order valence-electron chi connectivity index (χ1n) is 8.95. The summed E-state index contributed by atoms with van der Waals surface area (Å²) in [4.78, 5) is 30.9. The minimum absolute atomic E-state index is 0.207. The fourth-order valence-corrected chi connectivity index (χ4v) is 2.65. The summed E-state index contributed by atoms with van der Waals surface area (Å²) in [5.74, 6) is 0.0278. The Morgan fingerprint density at radius 2 is 1.96 bits per heavy atom. The van der Waals surface area contributed by atoms with E-state index in [4.69, 9.17) is 4.74 Å². The van der Waals surface area contributed by atoms with E-state index in [-0.39, 0.29) is 11.8 Å². The van der Waals surface area contributed by atoms with E-state index in [2.05, 4.69) is 20.6 Å². The van der Waals surface area contributed by atoms with Gasteiger partial charge in [-0.15, -0.1) is 0 Å². The number of benzene rings is 2. The number of imidazole rings is 1. The van der Waals surface area contributed by atoms with Crippen molar-refractivity contribution < 1.29 is 14.3 Å². The van der Waals surface area contributed by atoms with E-state index in [1.807, 2.05) is 30.3 Å². The number of ether oxygens (including phenoxy) is 1. The Balaban J connectivity index is 1.68. The van der Waals surface area contributed by atoms with Crippen molar-refractivity contribution in [1.29, 1.82) is 0 Å². The molecule has 0 bridgehead atoms. The molecule has 0 radical (unpaired) electrons. The van der Waals surface area contributed by atoms with Crippen LogP contribution in [0.2, 0.25) is 0 Å². The zero-order chi connectivity index (χ0) is 19.8. The number of rotatable bonds is 8. The molecule has 0 aliphatic carbocycles. The van der Waals surface area contributed by atoms with Crippen molar-refractivity contribution in [3.63, 3.8) is 0 Å². The molecule has 0 unspecified atom stereocenters. The molecule has 0 atom stereocenters. The summed E-state index contributed by atoms with van der Waals surface area (Å²) in [7, 11) is 0. The molecule has 1 aromatic heterocycles. The summed E-state index contributed by atoms with van der Waals surface area (Å²) >= 11 is 0. The highest BCUT2D eigenvalue weighted by Gasteiger charge is 2.12. The molecule has 0 spiro atoms. The molecule has 0 aliphatic rings. The van der Waals surface area contributed by atoms with Gasteiger partial charge in [-0.3, -0.25) is 9.59 Å². The van der Waals surface area contributed by atoms with Crippen LogP contribution >= 0.6 is 0 Å². The van der Waals surface area contributed by atoms with Crippen molar-refractivity contribution in [2.75, 3.05) is 11.9 Å². The Morgan fingerprint density at radius 3 is 2.68 bits per heavy atom. The van der Waals surface area contributed by atoms with Crippen LogP contribution < -0.4 is 15.4 Å². The summed E-state index contributed by atoms with van der Waals surface area (Å²) in [5.41, 5.74) is 2.93. The van der Waals surface area contributed by atoms with E-state index in [0.29, 0.717) is 36.6 Å². The summed E-state index contributed by atoms with van der Waals surface area (Å²) in [6, 6.07) is 14.7. The van der Waals surface area contributed by atoms with Crippen LogP contribution in [0.5, 0.6) is 5.75 Å². The highest BCUT2D eigenvalue weighted by molar-refractivity contribution is 5.96. The van der Waals surface area contributed by atoms with Crippen molar-refractivity contribution in [2.45, 2.75) is 20.0 Å². The lowest BCUT2D eigenvalue weighted by molar-refractivity contribution is -0.114. The molecule has 0 aliphatic heterocycles. The zero-order valence-corrected chi connectivity index (χ0v) is 15.6. The van der Waals surface area contributed by atoms with Crippen LogP contribution in [0.3, 0.4) is 0 Å². The standard InChI is InChI=1S/C21H22N4O3/c1-15(26)25-19-8-7-17(21(27)23-10-9-18-12-22-14-24-18)11-20(19)28-13-16-5-3-2-4-6-16/h2-8,11-12,14H,9-10,13H2,1H3,(H,22,24)(H,23,27)(H,25,26). The van der Waals surface area contributed by atoms with E-state index in [0.717, 1.165) is 11.3 Å². The summed E-state index contributed by atoms with van der Waals surface area (Å²) < 4.78 is 5.87. The molecule has 3 aromatic rings. The van der Waals surface area contributed by atoms with Crippen LogP contribution in [0.1, 0.15) is 28.5 Å². The lowest BCUT2D eigenvalue weighted by atomic mass is 10.1. The fourth-order valence-electron chi connectivity index (χ4n) is 2.65. The number of aromatic nitrogens is 2. The largest absolute Gasteiger partial charge is 0.487 e. The molecule has 2 amide bonds. The Bertz CT molecular complexity index is 924. The number of nitrogens with zero attached hydrogens (tertiary/aromatic N) is 1. The zero-order valence-electron chi connectivity index (χ0n) is 15.6. The van der Waals surface area contributed by atoms with Gasteiger partial charge < -0.3 is 20.4 Å². The van der Waals surface area contributed by atoms with Crippen LogP contribution in [0, 0.1) is 0 Å². The third-order valence-corrected chi connectivity index (χ3v) is 4.03. The molecule has 2 aromatic carbocycles. The number of aromatic amines is 1. The molecule has 0 fully saturated rings. The normalized spacial score (nSPS) is 10.3. The van der Waals surface area contributed by atoms with Gasteiger partial charge in [0.1, 0.15) is 12.4 Å². The van der Waals surface area contributed by atoms with E-state index >= 15 is 0 Å². The average molecular weight is 378 g/mol. The van der Waals surface area contributed by atoms with Crippen LogP contribution in [-0.4, -0.2) is 28.3 Å². The first-order chi connectivity index (χ1) is 13.6. The van der Waals surface area contributed by atoms with Gasteiger partial charge in [0.25, 0.3) is 5.91 Å². The van der Waals surface area contributed by atoms with Crippen LogP contribution in [0.15, 0.2) is 61.1 Å². The molecule has 1 heterocycles. The van der Waals surface area contributed by atoms with Crippen molar-refractivity contribution in [3.8, 4) is 5.75 Å². The first-order valence-corrected chi connectivity index (χ1v) is 8.95. The molecule has 7 heteroatoms. The summed E-state index contributed by atoms with van der Waals surface area (Å²) in [5, 5.41) is 5.60. The second kappa shape index (κ2) is 9.36. The van der Waals surface area contributed by atoms with Crippen molar-refractivity contribution in [1.82, 2.24) is 15.3 Å². The molecule has 0 saturated heterocycles. The maximum Gasteiger partial charge on any atom is 0.251 e. The molecular formula is C21H22N4O3. The van der Waals surface area contributed by atoms with Crippen LogP contribution in [0.25, 0.3) is 0 Å². The van der Waals surface area contributed by atoms with Crippen molar-refractivity contribution in [3.05, 3.63) is 77.9 Å². The molecule has 28 heavy (non-hydrogen) atoms. The topological polar surface area (TPSA) is 96.1 Å². The maximum atomic E-state index is 12.5. The first kappa shape index (κ1) is 19.2. The summed E-state index contributed by atoms with van der Waals surface area (Å²) in [6.07, 6.45) is 3.99. The number of carbonyl (C=O) groups excluding carboxylic acids is 2. The lowest BCUT2D eigenvalue weighted by Gasteiger charge is -2.14. The molecular weight excluding hydrogens is 356 g/mol. The minimum Gasteiger partial charge on any atom is -0.487 e. The Labute approximate surface area is 163 Å². The van der Waals surface area contributed by atoms with Gasteiger partial charge in [-0.1, -0.05) is 30.3 Å². The van der Waals surface area contributed by atoms with E-state index < -0.39 is 0 Å². The van der Waals surface area contributed by atoms with Gasteiger partial charge in [-0.25, -0.2) is 4.98 Å². The summed E-state index contributed by atoms with van der Waals surface area (Å²) in [6.45, 7) is 2.24. The second-order valence-corrected chi connectivity index (χ2v) is 6.25. The smallest absolute Gasteiger partial charge is 0.251 e. The second-order valence-electron chi connectivity index (χ2n) is 6.25. The van der Waals surface area contributed by atoms with E-state index in [9.17, 15) is 9.59 Å². The van der Waals surface area contributed by atoms with Gasteiger partial charge in [-0.05, 0) is 23.8 Å². The number of amides is 2. The number of H-pyrrole nitrogens is 1. The predicted molar refractivity (Wildman–Crippen MR) is 106 cm³/mol. The van der Waals surface area contributed by atoms with Gasteiger partial charge in [0.15, 0.2) is 0 Å². The highest BCUT2D eigenvalue weighted by atomic mass is 16.5. The Hall–Kier alpha value is -3.61. The number of hydrogen-bond donors (Lipinski definition) is 3. The highest BCUT2D eigenvalue weighted by Crippen LogP contribution is 2.27. The maximum absolute atomic E-state index is 12.5. The molecule has 144 valence electrons. The molecule has 7 nitrogen and oxygen atoms in total. The van der Waals surface area contributed by atoms with Crippen LogP contribution in [-0.2, 0) is 17.8 Å². The van der Waals surface area contributed by atoms with E-state index in [1.54, 1.807) is 30.7 Å². The van der Waals surface area contributed by atoms with Crippen molar-refractivity contribution >= 4 is 17.5 Å². The number of nitrogens with one attached hydrogen (secondary N) is 3. The SMILES string of the molecule is CC(=O)Nc1ccc(C(=O)NCCc2cnc[nH]2)cc1OCc1ccccc1. The monoisotopic (exact) mass is 378 g/mol. The van der Waals surface area contributed by atoms with Gasteiger partial charge in [0, 0.05) is 37.3 Å². The molecule has 3 N–H and O–H groups in total. The lowest BCUT2D eigenvalue weighted by Crippen LogP contribution is -2.25. The predicted octanol–water partition coefficient (Wildman–Crippen LogP) is 2.92. The molecule has 3 rings (SSSR count). The Morgan fingerprint density at radius 1 is 1.14 bits per heavy atom. The quantitative estimate of drug-likeness (QED) is 0.561. The average Bonchev–Trinajstić information content (AvgIpc) is 3.21. The minimum atomic E-state index is -0.210. The third-order valence-electron chi connectivity index (χ3n) is 4.03. The Kier molecular flexibility index (Phi) is 6.41. The fraction of sp³-hybridized carbons (Fsp3) is 0.190. The number of anilines is 1. The van der Waals surface area contributed by atoms with Crippen LogP contribution in [0.4, 0.5) is 5.69 Å². The van der Waals surface area contributed by atoms with Crippen molar-refractivity contribution in [2.24, 2.45) is 0 Å². The van der Waals surface area contributed by atoms with Gasteiger partial charge in [0.05, 0.1) is 12.0 Å². The third kappa shape index (κ3) is 5.44.